The van der Waals surface area contributed by atoms with Gasteiger partial charge < -0.3 is 9.80 Å². The number of rotatable bonds is 3. The van der Waals surface area contributed by atoms with E-state index in [4.69, 9.17) is 11.6 Å². The van der Waals surface area contributed by atoms with E-state index >= 15 is 4.39 Å². The number of anilines is 1. The van der Waals surface area contributed by atoms with Gasteiger partial charge in [-0.25, -0.2) is 8.78 Å². The molecule has 1 saturated heterocycles. The topological polar surface area (TPSA) is 49.3 Å². The second kappa shape index (κ2) is 8.65. The van der Waals surface area contributed by atoms with Crippen molar-refractivity contribution in [2.45, 2.75) is 13.0 Å². The molecule has 1 amide bonds. The number of carbonyl (C=O) groups is 1. The highest BCUT2D eigenvalue weighted by Gasteiger charge is 2.28. The average molecular weight is 479 g/mol. The van der Waals surface area contributed by atoms with Crippen molar-refractivity contribution < 1.29 is 13.6 Å². The highest BCUT2D eigenvalue weighted by atomic mass is 35.5. The molecule has 5 rings (SSSR count). The molecule has 5 nitrogen and oxygen atoms in total. The minimum Gasteiger partial charge on any atom is -0.365 e. The first-order chi connectivity index (χ1) is 16.4. The zero-order chi connectivity index (χ0) is 24.0. The van der Waals surface area contributed by atoms with Gasteiger partial charge in [0.25, 0.3) is 0 Å². The van der Waals surface area contributed by atoms with Gasteiger partial charge >= 0.3 is 0 Å². The zero-order valence-corrected chi connectivity index (χ0v) is 19.2. The third-order valence-electron chi connectivity index (χ3n) is 6.32. The third kappa shape index (κ3) is 3.56. The lowest BCUT2D eigenvalue weighted by molar-refractivity contribution is -0.126. The lowest BCUT2D eigenvalue weighted by Gasteiger charge is -2.41. The summed E-state index contributed by atoms with van der Waals surface area (Å²) in [6.07, 6.45) is 4.47. The van der Waals surface area contributed by atoms with E-state index in [1.165, 1.54) is 12.1 Å². The first kappa shape index (κ1) is 22.2. The highest BCUT2D eigenvalue weighted by molar-refractivity contribution is 6.36. The van der Waals surface area contributed by atoms with E-state index in [0.29, 0.717) is 41.4 Å². The maximum absolute atomic E-state index is 15.8. The minimum absolute atomic E-state index is 0.00540. The number of nitrogens with zero attached hydrogens (tertiary/aromatic N) is 4. The Hall–Kier alpha value is -3.58. The van der Waals surface area contributed by atoms with E-state index in [-0.39, 0.29) is 28.2 Å². The van der Waals surface area contributed by atoms with Crippen LogP contribution in [0.2, 0.25) is 5.02 Å². The van der Waals surface area contributed by atoms with Crippen molar-refractivity contribution in [3.05, 3.63) is 78.1 Å². The van der Waals surface area contributed by atoms with Gasteiger partial charge in [0.1, 0.15) is 17.0 Å². The number of hydrogen-bond donors (Lipinski definition) is 0. The number of fused-ring (bicyclic) bond motifs is 2. The fourth-order valence-electron chi connectivity index (χ4n) is 4.65. The van der Waals surface area contributed by atoms with Crippen LogP contribution < -0.4 is 4.90 Å². The summed E-state index contributed by atoms with van der Waals surface area (Å²) < 4.78 is 30.0. The lowest BCUT2D eigenvalue weighted by atomic mass is 10.00. The molecule has 0 radical (unpaired) electrons. The van der Waals surface area contributed by atoms with Crippen molar-refractivity contribution in [2.75, 3.05) is 24.5 Å². The molecule has 1 aliphatic rings. The SMILES string of the molecule is C=CC(=O)N1CCN(c2ccnc3c(F)c(-c4cccc5ccc(F)c(Cl)c45)ncc23)[C@@H](C)C1. The Morgan fingerprint density at radius 1 is 1.18 bits per heavy atom. The van der Waals surface area contributed by atoms with Crippen molar-refractivity contribution in [1.29, 1.82) is 0 Å². The quantitative estimate of drug-likeness (QED) is 0.359. The second-order valence-electron chi connectivity index (χ2n) is 8.31. The molecule has 0 aliphatic carbocycles. The number of aromatic nitrogens is 2. The Bertz CT molecular complexity index is 1460. The molecule has 8 heteroatoms. The van der Waals surface area contributed by atoms with E-state index in [1.807, 2.05) is 13.0 Å². The van der Waals surface area contributed by atoms with Crippen LogP contribution in [0.25, 0.3) is 32.9 Å². The molecule has 1 aliphatic heterocycles. The van der Waals surface area contributed by atoms with E-state index in [1.54, 1.807) is 41.6 Å². The van der Waals surface area contributed by atoms with E-state index in [9.17, 15) is 9.18 Å². The van der Waals surface area contributed by atoms with E-state index < -0.39 is 11.6 Å². The molecule has 0 unspecified atom stereocenters. The van der Waals surface area contributed by atoms with Crippen molar-refractivity contribution in [2.24, 2.45) is 0 Å². The van der Waals surface area contributed by atoms with Crippen LogP contribution in [0.4, 0.5) is 14.5 Å². The molecular weight excluding hydrogens is 458 g/mol. The normalized spacial score (nSPS) is 16.3. The van der Waals surface area contributed by atoms with Crippen LogP contribution in [0.3, 0.4) is 0 Å². The highest BCUT2D eigenvalue weighted by Crippen LogP contribution is 2.38. The summed E-state index contributed by atoms with van der Waals surface area (Å²) in [5.41, 5.74) is 1.43. The molecule has 4 aromatic rings. The standard InChI is InChI=1S/C26H21ClF2N4O/c1-3-21(34)32-11-12-33(15(2)14-32)20-9-10-30-26-18(20)13-31-25(24(26)29)17-6-4-5-16-7-8-19(28)23(27)22(16)17/h3-10,13,15H,1,11-12,14H2,2H3/t15-/m0/s1. The van der Waals surface area contributed by atoms with Gasteiger partial charge in [0.05, 0.1) is 5.02 Å². The van der Waals surface area contributed by atoms with Gasteiger partial charge in [0, 0.05) is 60.1 Å². The smallest absolute Gasteiger partial charge is 0.246 e. The summed E-state index contributed by atoms with van der Waals surface area (Å²) >= 11 is 6.26. The molecule has 172 valence electrons. The average Bonchev–Trinajstić information content (AvgIpc) is 2.85. The molecular formula is C26H21ClF2N4O. The number of benzene rings is 2. The predicted molar refractivity (Wildman–Crippen MR) is 131 cm³/mol. The summed E-state index contributed by atoms with van der Waals surface area (Å²) in [6.45, 7) is 7.22. The molecule has 2 aromatic carbocycles. The largest absolute Gasteiger partial charge is 0.365 e. The van der Waals surface area contributed by atoms with E-state index in [2.05, 4.69) is 21.4 Å². The molecule has 3 heterocycles. The summed E-state index contributed by atoms with van der Waals surface area (Å²) in [6, 6.07) is 9.95. The summed E-state index contributed by atoms with van der Waals surface area (Å²) in [7, 11) is 0. The second-order valence-corrected chi connectivity index (χ2v) is 8.69. The number of hydrogen-bond acceptors (Lipinski definition) is 4. The number of pyridine rings is 2. The van der Waals surface area contributed by atoms with Gasteiger partial charge in [-0.15, -0.1) is 0 Å². The Morgan fingerprint density at radius 3 is 2.76 bits per heavy atom. The maximum atomic E-state index is 15.8. The van der Waals surface area contributed by atoms with Crippen LogP contribution in [0.1, 0.15) is 6.92 Å². The molecule has 34 heavy (non-hydrogen) atoms. The Kier molecular flexibility index (Phi) is 5.65. The molecule has 0 bridgehead atoms. The monoisotopic (exact) mass is 478 g/mol. The Balaban J connectivity index is 1.61. The van der Waals surface area contributed by atoms with Gasteiger partial charge in [-0.1, -0.05) is 42.4 Å². The van der Waals surface area contributed by atoms with Gasteiger partial charge in [-0.3, -0.25) is 14.8 Å². The number of piperazine rings is 1. The summed E-state index contributed by atoms with van der Waals surface area (Å²) in [5, 5.41) is 1.59. The minimum atomic E-state index is -0.597. The van der Waals surface area contributed by atoms with Crippen LogP contribution in [-0.2, 0) is 4.79 Å². The first-order valence-electron chi connectivity index (χ1n) is 10.9. The first-order valence-corrected chi connectivity index (χ1v) is 11.3. The van der Waals surface area contributed by atoms with Crippen LogP contribution in [0, 0.1) is 11.6 Å². The van der Waals surface area contributed by atoms with Gasteiger partial charge in [-0.05, 0) is 30.5 Å². The predicted octanol–water partition coefficient (Wildman–Crippen LogP) is 5.60. The maximum Gasteiger partial charge on any atom is 0.246 e. The summed E-state index contributed by atoms with van der Waals surface area (Å²) in [5.74, 6) is -1.28. The Labute approximate surface area is 200 Å². The van der Waals surface area contributed by atoms with Crippen molar-refractivity contribution in [3.63, 3.8) is 0 Å². The van der Waals surface area contributed by atoms with Gasteiger partial charge in [-0.2, -0.15) is 0 Å². The number of carbonyl (C=O) groups excluding carboxylic acids is 1. The van der Waals surface area contributed by atoms with Crippen LogP contribution in [0.5, 0.6) is 0 Å². The number of amides is 1. The lowest BCUT2D eigenvalue weighted by Crippen LogP contribution is -2.53. The zero-order valence-electron chi connectivity index (χ0n) is 18.4. The molecule has 0 N–H and O–H groups in total. The van der Waals surface area contributed by atoms with Gasteiger partial charge in [0.15, 0.2) is 5.82 Å². The molecule has 1 atom stereocenters. The third-order valence-corrected chi connectivity index (χ3v) is 6.69. The molecule has 1 fully saturated rings. The van der Waals surface area contributed by atoms with Gasteiger partial charge in [0.2, 0.25) is 5.91 Å². The Morgan fingerprint density at radius 2 is 2.00 bits per heavy atom. The van der Waals surface area contributed by atoms with Crippen molar-refractivity contribution in [1.82, 2.24) is 14.9 Å². The van der Waals surface area contributed by atoms with E-state index in [0.717, 1.165) is 5.69 Å². The fourth-order valence-corrected chi connectivity index (χ4v) is 4.93. The van der Waals surface area contributed by atoms with Crippen LogP contribution in [-0.4, -0.2) is 46.5 Å². The number of halogens is 3. The van der Waals surface area contributed by atoms with Crippen molar-refractivity contribution in [3.8, 4) is 11.3 Å². The molecule has 0 saturated carbocycles. The summed E-state index contributed by atoms with van der Waals surface area (Å²) in [4.78, 5) is 24.6. The fraction of sp³-hybridized carbons (Fsp3) is 0.192. The van der Waals surface area contributed by atoms with Crippen LogP contribution in [0.15, 0.2) is 61.4 Å². The molecule has 0 spiro atoms. The molecule has 2 aromatic heterocycles. The van der Waals surface area contributed by atoms with Crippen LogP contribution >= 0.6 is 11.6 Å². The van der Waals surface area contributed by atoms with Crippen molar-refractivity contribution >= 4 is 44.9 Å².